The van der Waals surface area contributed by atoms with E-state index in [1.807, 2.05) is 29.2 Å². The molecular formula is C20H20Cl2IN3O3. The van der Waals surface area contributed by atoms with Gasteiger partial charge in [-0.15, -0.1) is 0 Å². The van der Waals surface area contributed by atoms with Gasteiger partial charge in [-0.25, -0.2) is 5.43 Å². The van der Waals surface area contributed by atoms with Gasteiger partial charge < -0.3 is 9.47 Å². The van der Waals surface area contributed by atoms with Crippen LogP contribution in [0.4, 0.5) is 0 Å². The lowest BCUT2D eigenvalue weighted by atomic mass is 10.2. The number of amides is 1. The van der Waals surface area contributed by atoms with Gasteiger partial charge in [0, 0.05) is 13.1 Å². The standard InChI is InChI=1S/C20H20Cl2IN3O3/c21-16-3-1-15(9-17(16)22)13-29-19-4-2-14(10-18(19)23)11-24-25-20(27)12-26-5-7-28-8-6-26/h1-4,9-11H,5-8,12-13H2,(H,25,27)/b24-11+. The van der Waals surface area contributed by atoms with Crippen LogP contribution >= 0.6 is 45.8 Å². The molecule has 0 unspecified atom stereocenters. The summed E-state index contributed by atoms with van der Waals surface area (Å²) in [6, 6.07) is 11.1. The van der Waals surface area contributed by atoms with Gasteiger partial charge in [0.25, 0.3) is 5.91 Å². The largest absolute Gasteiger partial charge is 0.488 e. The zero-order chi connectivity index (χ0) is 20.6. The highest BCUT2D eigenvalue weighted by Crippen LogP contribution is 2.25. The minimum absolute atomic E-state index is 0.139. The normalized spacial score (nSPS) is 14.9. The highest BCUT2D eigenvalue weighted by atomic mass is 127. The molecule has 2 aromatic rings. The number of nitrogens with zero attached hydrogens (tertiary/aromatic N) is 2. The maximum atomic E-state index is 11.9. The second-order valence-corrected chi connectivity index (χ2v) is 8.39. The Morgan fingerprint density at radius 3 is 2.72 bits per heavy atom. The number of morpholine rings is 1. The summed E-state index contributed by atoms with van der Waals surface area (Å²) < 4.78 is 12.1. The van der Waals surface area contributed by atoms with Crippen molar-refractivity contribution in [2.75, 3.05) is 32.8 Å². The average molecular weight is 548 g/mol. The Labute approximate surface area is 193 Å². The molecule has 1 amide bonds. The van der Waals surface area contributed by atoms with Crippen molar-refractivity contribution in [2.24, 2.45) is 5.10 Å². The molecule has 0 aromatic heterocycles. The summed E-state index contributed by atoms with van der Waals surface area (Å²) in [4.78, 5) is 14.0. The first kappa shape index (κ1) is 22.3. The monoisotopic (exact) mass is 547 g/mol. The molecule has 1 fully saturated rings. The van der Waals surface area contributed by atoms with Gasteiger partial charge >= 0.3 is 0 Å². The number of hydrogen-bond acceptors (Lipinski definition) is 5. The first-order chi connectivity index (χ1) is 14.0. The van der Waals surface area contributed by atoms with Crippen LogP contribution in [0.5, 0.6) is 5.75 Å². The Morgan fingerprint density at radius 1 is 1.21 bits per heavy atom. The molecule has 154 valence electrons. The maximum absolute atomic E-state index is 11.9. The number of carbonyl (C=O) groups is 1. The Hall–Kier alpha value is -1.39. The lowest BCUT2D eigenvalue weighted by Gasteiger charge is -2.25. The first-order valence-corrected chi connectivity index (χ1v) is 10.8. The Kier molecular flexibility index (Phi) is 8.55. The van der Waals surface area contributed by atoms with Crippen LogP contribution in [0.15, 0.2) is 41.5 Å². The third kappa shape index (κ3) is 7.11. The molecule has 1 aliphatic rings. The van der Waals surface area contributed by atoms with Crippen molar-refractivity contribution in [3.8, 4) is 5.75 Å². The third-order valence-corrected chi connectivity index (χ3v) is 5.79. The molecule has 29 heavy (non-hydrogen) atoms. The Bertz CT molecular complexity index is 889. The van der Waals surface area contributed by atoms with Crippen molar-refractivity contribution in [1.82, 2.24) is 10.3 Å². The van der Waals surface area contributed by atoms with Crippen molar-refractivity contribution in [3.05, 3.63) is 61.1 Å². The van der Waals surface area contributed by atoms with E-state index in [0.717, 1.165) is 33.5 Å². The van der Waals surface area contributed by atoms with Gasteiger partial charge in [-0.1, -0.05) is 29.3 Å². The van der Waals surface area contributed by atoms with Crippen LogP contribution in [0.25, 0.3) is 0 Å². The molecule has 1 heterocycles. The van der Waals surface area contributed by atoms with Gasteiger partial charge in [-0.2, -0.15) is 5.10 Å². The van der Waals surface area contributed by atoms with Crippen LogP contribution in [0.1, 0.15) is 11.1 Å². The summed E-state index contributed by atoms with van der Waals surface area (Å²) in [5.74, 6) is 0.615. The second-order valence-electron chi connectivity index (χ2n) is 6.41. The molecular weight excluding hydrogens is 528 g/mol. The van der Waals surface area contributed by atoms with Crippen molar-refractivity contribution >= 4 is 57.9 Å². The van der Waals surface area contributed by atoms with E-state index in [2.05, 4.69) is 33.1 Å². The number of carbonyl (C=O) groups excluding carboxylic acids is 1. The van der Waals surface area contributed by atoms with E-state index in [1.54, 1.807) is 18.3 Å². The zero-order valence-corrected chi connectivity index (χ0v) is 19.2. The summed E-state index contributed by atoms with van der Waals surface area (Å²) >= 11 is 14.2. The maximum Gasteiger partial charge on any atom is 0.254 e. The van der Waals surface area contributed by atoms with Crippen molar-refractivity contribution in [1.29, 1.82) is 0 Å². The van der Waals surface area contributed by atoms with E-state index < -0.39 is 0 Å². The Balaban J connectivity index is 1.49. The molecule has 9 heteroatoms. The van der Waals surface area contributed by atoms with E-state index in [4.69, 9.17) is 32.7 Å². The van der Waals surface area contributed by atoms with E-state index in [1.165, 1.54) is 0 Å². The zero-order valence-electron chi connectivity index (χ0n) is 15.5. The summed E-state index contributed by atoms with van der Waals surface area (Å²) in [5.41, 5.74) is 4.36. The van der Waals surface area contributed by atoms with Gasteiger partial charge in [-0.3, -0.25) is 9.69 Å². The highest BCUT2D eigenvalue weighted by Gasteiger charge is 2.13. The fourth-order valence-electron chi connectivity index (χ4n) is 2.68. The molecule has 0 spiro atoms. The molecule has 1 saturated heterocycles. The van der Waals surface area contributed by atoms with Crippen molar-refractivity contribution in [2.45, 2.75) is 6.61 Å². The van der Waals surface area contributed by atoms with Crippen LogP contribution in [0, 0.1) is 3.57 Å². The molecule has 6 nitrogen and oxygen atoms in total. The number of nitrogens with one attached hydrogen (secondary N) is 1. The molecule has 1 aliphatic heterocycles. The highest BCUT2D eigenvalue weighted by molar-refractivity contribution is 14.1. The quantitative estimate of drug-likeness (QED) is 0.324. The number of halogens is 3. The lowest BCUT2D eigenvalue weighted by Crippen LogP contribution is -2.42. The van der Waals surface area contributed by atoms with Gasteiger partial charge in [0.15, 0.2) is 0 Å². The predicted molar refractivity (Wildman–Crippen MR) is 123 cm³/mol. The van der Waals surface area contributed by atoms with Crippen LogP contribution in [0.3, 0.4) is 0 Å². The molecule has 0 saturated carbocycles. The second kappa shape index (κ2) is 11.1. The average Bonchev–Trinajstić information content (AvgIpc) is 2.70. The van der Waals surface area contributed by atoms with E-state index in [9.17, 15) is 4.79 Å². The first-order valence-electron chi connectivity index (χ1n) is 8.99. The van der Waals surface area contributed by atoms with Gasteiger partial charge in [-0.05, 0) is 64.0 Å². The summed E-state index contributed by atoms with van der Waals surface area (Å²) in [6.45, 7) is 3.55. The lowest BCUT2D eigenvalue weighted by molar-refractivity contribution is -0.123. The smallest absolute Gasteiger partial charge is 0.254 e. The van der Waals surface area contributed by atoms with Gasteiger partial charge in [0.05, 0.1) is 39.6 Å². The van der Waals surface area contributed by atoms with Crippen molar-refractivity contribution < 1.29 is 14.3 Å². The molecule has 1 N–H and O–H groups in total. The fraction of sp³-hybridized carbons (Fsp3) is 0.300. The number of rotatable bonds is 7. The third-order valence-electron chi connectivity index (χ3n) is 4.21. The molecule has 0 atom stereocenters. The van der Waals surface area contributed by atoms with Crippen LogP contribution in [0.2, 0.25) is 10.0 Å². The topological polar surface area (TPSA) is 63.2 Å². The van der Waals surface area contributed by atoms with E-state index >= 15 is 0 Å². The molecule has 0 radical (unpaired) electrons. The van der Waals surface area contributed by atoms with Crippen LogP contribution in [-0.4, -0.2) is 49.9 Å². The Morgan fingerprint density at radius 2 is 2.00 bits per heavy atom. The minimum atomic E-state index is -0.139. The minimum Gasteiger partial charge on any atom is -0.488 e. The molecule has 0 bridgehead atoms. The fourth-order valence-corrected chi connectivity index (χ4v) is 3.70. The van der Waals surface area contributed by atoms with Crippen LogP contribution < -0.4 is 10.2 Å². The summed E-state index contributed by atoms with van der Waals surface area (Å²) in [6.07, 6.45) is 1.61. The van der Waals surface area contributed by atoms with E-state index in [-0.39, 0.29) is 5.91 Å². The van der Waals surface area contributed by atoms with E-state index in [0.29, 0.717) is 36.4 Å². The number of hydrogen-bond donors (Lipinski definition) is 1. The molecule has 3 rings (SSSR count). The SMILES string of the molecule is O=C(CN1CCOCC1)N/N=C/c1ccc(OCc2ccc(Cl)c(Cl)c2)c(I)c1. The van der Waals surface area contributed by atoms with Crippen molar-refractivity contribution in [3.63, 3.8) is 0 Å². The predicted octanol–water partition coefficient (Wildman–Crippen LogP) is 3.96. The van der Waals surface area contributed by atoms with Gasteiger partial charge in [0.1, 0.15) is 12.4 Å². The van der Waals surface area contributed by atoms with Gasteiger partial charge in [0.2, 0.25) is 0 Å². The summed E-state index contributed by atoms with van der Waals surface area (Å²) in [5, 5.41) is 5.06. The number of ether oxygens (including phenoxy) is 2. The summed E-state index contributed by atoms with van der Waals surface area (Å²) in [7, 11) is 0. The number of benzene rings is 2. The number of hydrazone groups is 1. The molecule has 2 aromatic carbocycles. The molecule has 0 aliphatic carbocycles. The van der Waals surface area contributed by atoms with Crippen LogP contribution in [-0.2, 0) is 16.1 Å².